The van der Waals surface area contributed by atoms with Gasteiger partial charge in [0.2, 0.25) is 0 Å². The third-order valence-corrected chi connectivity index (χ3v) is 5.06. The Hall–Kier alpha value is -2.67. The number of allylic oxidation sites excluding steroid dienone is 2. The van der Waals surface area contributed by atoms with Gasteiger partial charge in [-0.3, -0.25) is 14.4 Å². The predicted molar refractivity (Wildman–Crippen MR) is 112 cm³/mol. The van der Waals surface area contributed by atoms with Crippen molar-refractivity contribution in [1.29, 1.82) is 0 Å². The Morgan fingerprint density at radius 3 is 2.93 bits per heavy atom. The maximum absolute atomic E-state index is 12.9. The number of hydrogen-bond acceptors (Lipinski definition) is 3. The molecule has 4 nitrogen and oxygen atoms in total. The maximum atomic E-state index is 12.9. The predicted octanol–water partition coefficient (Wildman–Crippen LogP) is 4.15. The number of aliphatic imine (C=N–C) groups is 1. The molecular weight excluding hydrogens is 334 g/mol. The minimum Gasteiger partial charge on any atom is -0.296 e. The van der Waals surface area contributed by atoms with Gasteiger partial charge in [0.15, 0.2) is 0 Å². The first kappa shape index (κ1) is 19.1. The van der Waals surface area contributed by atoms with Crippen LogP contribution in [-0.2, 0) is 13.0 Å². The van der Waals surface area contributed by atoms with Gasteiger partial charge in [-0.25, -0.2) is 4.98 Å². The summed E-state index contributed by atoms with van der Waals surface area (Å²) in [5.41, 5.74) is 2.65. The van der Waals surface area contributed by atoms with Crippen LogP contribution >= 0.6 is 0 Å². The highest BCUT2D eigenvalue weighted by Gasteiger charge is 2.24. The van der Waals surface area contributed by atoms with Gasteiger partial charge in [-0.2, -0.15) is 0 Å². The van der Waals surface area contributed by atoms with Crippen LogP contribution in [0.4, 0.5) is 0 Å². The molecule has 0 amide bonds. The molecule has 1 aromatic carbocycles. The molecule has 0 radical (unpaired) electrons. The van der Waals surface area contributed by atoms with E-state index < -0.39 is 0 Å². The first-order valence-corrected chi connectivity index (χ1v) is 9.66. The van der Waals surface area contributed by atoms with E-state index in [0.29, 0.717) is 11.9 Å². The van der Waals surface area contributed by atoms with E-state index in [4.69, 9.17) is 4.98 Å². The molecular formula is C23H27N3O. The minimum atomic E-state index is 0.0642. The lowest BCUT2D eigenvalue weighted by atomic mass is 9.85. The van der Waals surface area contributed by atoms with Crippen molar-refractivity contribution in [2.24, 2.45) is 10.4 Å². The summed E-state index contributed by atoms with van der Waals surface area (Å²) in [6, 6.07) is 5.66. The van der Waals surface area contributed by atoms with Crippen LogP contribution < -0.4 is 5.56 Å². The fraction of sp³-hybridized carbons (Fsp3) is 0.435. The van der Waals surface area contributed by atoms with Gasteiger partial charge in [0.25, 0.3) is 5.56 Å². The number of nitrogens with zero attached hydrogens (tertiary/aromatic N) is 3. The summed E-state index contributed by atoms with van der Waals surface area (Å²) in [4.78, 5) is 22.1. The summed E-state index contributed by atoms with van der Waals surface area (Å²) in [5, 5.41) is 0.667. The third-order valence-electron chi connectivity index (χ3n) is 5.06. The van der Waals surface area contributed by atoms with Crippen LogP contribution in [-0.4, -0.2) is 21.8 Å². The second kappa shape index (κ2) is 7.92. The van der Waals surface area contributed by atoms with Crippen molar-refractivity contribution in [1.82, 2.24) is 9.55 Å². The highest BCUT2D eigenvalue weighted by atomic mass is 16.1. The van der Waals surface area contributed by atoms with E-state index in [1.165, 1.54) is 0 Å². The van der Waals surface area contributed by atoms with E-state index in [1.54, 1.807) is 0 Å². The Labute approximate surface area is 161 Å². The topological polar surface area (TPSA) is 47.2 Å². The molecule has 0 saturated carbocycles. The number of benzene rings is 1. The molecule has 0 spiro atoms. The molecule has 2 heterocycles. The van der Waals surface area contributed by atoms with Crippen molar-refractivity contribution >= 4 is 16.6 Å². The SMILES string of the molecule is C/C=C\C(C#Cc1ccc2c(=O)n3c(nc2c1)CCC(C)(C)CC3)=NCC. The molecule has 1 aromatic heterocycles. The maximum Gasteiger partial charge on any atom is 0.261 e. The lowest BCUT2D eigenvalue weighted by molar-refractivity contribution is 0.307. The van der Waals surface area contributed by atoms with Crippen LogP contribution in [0.1, 0.15) is 51.9 Å². The molecule has 27 heavy (non-hydrogen) atoms. The molecule has 0 aliphatic carbocycles. The smallest absolute Gasteiger partial charge is 0.261 e. The summed E-state index contributed by atoms with van der Waals surface area (Å²) in [7, 11) is 0. The van der Waals surface area contributed by atoms with Crippen molar-refractivity contribution < 1.29 is 0 Å². The minimum absolute atomic E-state index is 0.0642. The van der Waals surface area contributed by atoms with Gasteiger partial charge >= 0.3 is 0 Å². The molecule has 0 fully saturated rings. The van der Waals surface area contributed by atoms with Crippen molar-refractivity contribution in [3.63, 3.8) is 0 Å². The largest absolute Gasteiger partial charge is 0.296 e. The third kappa shape index (κ3) is 4.36. The van der Waals surface area contributed by atoms with Gasteiger partial charge in [0.1, 0.15) is 11.5 Å². The molecule has 140 valence electrons. The van der Waals surface area contributed by atoms with E-state index >= 15 is 0 Å². The van der Waals surface area contributed by atoms with E-state index in [0.717, 1.165) is 48.4 Å². The Balaban J connectivity index is 2.03. The standard InChI is InChI=1S/C23H27N3O/c1-5-7-18(24-6-2)10-8-17-9-11-19-20(16-17)25-21-12-13-23(3,4)14-15-26(21)22(19)27/h5,7,9,11,16H,6,12-15H2,1-4H3/b7-5-,24-18?. The van der Waals surface area contributed by atoms with Gasteiger partial charge in [-0.1, -0.05) is 25.8 Å². The van der Waals surface area contributed by atoms with E-state index in [-0.39, 0.29) is 11.0 Å². The Morgan fingerprint density at radius 1 is 1.37 bits per heavy atom. The summed E-state index contributed by atoms with van der Waals surface area (Å²) in [6.45, 7) is 9.91. The highest BCUT2D eigenvalue weighted by molar-refractivity contribution is 6.09. The number of aromatic nitrogens is 2. The van der Waals surface area contributed by atoms with Crippen molar-refractivity contribution in [2.75, 3.05) is 6.54 Å². The first-order valence-electron chi connectivity index (χ1n) is 9.66. The lowest BCUT2D eigenvalue weighted by Crippen LogP contribution is -2.24. The Morgan fingerprint density at radius 2 is 2.19 bits per heavy atom. The second-order valence-corrected chi connectivity index (χ2v) is 7.74. The van der Waals surface area contributed by atoms with Crippen LogP contribution in [0.15, 0.2) is 40.1 Å². The Bertz CT molecular complexity index is 1030. The van der Waals surface area contributed by atoms with Crippen LogP contribution in [0.2, 0.25) is 0 Å². The van der Waals surface area contributed by atoms with E-state index in [1.807, 2.05) is 48.8 Å². The monoisotopic (exact) mass is 361 g/mol. The van der Waals surface area contributed by atoms with Crippen molar-refractivity contribution in [3.8, 4) is 11.8 Å². The molecule has 1 aliphatic heterocycles. The number of fused-ring (bicyclic) bond motifs is 2. The normalized spacial score (nSPS) is 16.7. The van der Waals surface area contributed by atoms with E-state index in [2.05, 4.69) is 30.7 Å². The van der Waals surface area contributed by atoms with E-state index in [9.17, 15) is 4.79 Å². The average Bonchev–Trinajstić information content (AvgIpc) is 2.79. The second-order valence-electron chi connectivity index (χ2n) is 7.74. The van der Waals surface area contributed by atoms with Gasteiger partial charge in [-0.15, -0.1) is 0 Å². The van der Waals surface area contributed by atoms with Gasteiger partial charge in [-0.05, 0) is 62.3 Å². The van der Waals surface area contributed by atoms with Crippen molar-refractivity contribution in [2.45, 2.75) is 53.5 Å². The molecule has 0 N–H and O–H groups in total. The average molecular weight is 361 g/mol. The fourth-order valence-electron chi connectivity index (χ4n) is 3.35. The quantitative estimate of drug-likeness (QED) is 0.596. The molecule has 0 unspecified atom stereocenters. The molecule has 4 heteroatoms. The molecule has 1 aliphatic rings. The fourth-order valence-corrected chi connectivity index (χ4v) is 3.35. The summed E-state index contributed by atoms with van der Waals surface area (Å²) in [6.07, 6.45) is 6.72. The number of rotatable bonds is 2. The number of hydrogen-bond donors (Lipinski definition) is 0. The van der Waals surface area contributed by atoms with Crippen LogP contribution in [0.25, 0.3) is 10.9 Å². The van der Waals surface area contributed by atoms with Crippen LogP contribution in [0.5, 0.6) is 0 Å². The molecule has 0 atom stereocenters. The molecule has 0 saturated heterocycles. The summed E-state index contributed by atoms with van der Waals surface area (Å²) < 4.78 is 1.86. The molecule has 2 aromatic rings. The highest BCUT2D eigenvalue weighted by Crippen LogP contribution is 2.30. The summed E-state index contributed by atoms with van der Waals surface area (Å²) >= 11 is 0. The Kier molecular flexibility index (Phi) is 5.60. The van der Waals surface area contributed by atoms with Crippen molar-refractivity contribution in [3.05, 3.63) is 52.1 Å². The summed E-state index contributed by atoms with van der Waals surface area (Å²) in [5.74, 6) is 7.15. The van der Waals surface area contributed by atoms with Gasteiger partial charge in [0, 0.05) is 25.1 Å². The zero-order valence-corrected chi connectivity index (χ0v) is 16.7. The van der Waals surface area contributed by atoms with Crippen LogP contribution in [0.3, 0.4) is 0 Å². The van der Waals surface area contributed by atoms with Gasteiger partial charge < -0.3 is 0 Å². The molecule has 3 rings (SSSR count). The first-order chi connectivity index (χ1) is 12.9. The zero-order chi connectivity index (χ0) is 19.4. The number of aryl methyl sites for hydroxylation is 1. The lowest BCUT2D eigenvalue weighted by Gasteiger charge is -2.20. The molecule has 0 bridgehead atoms. The van der Waals surface area contributed by atoms with Crippen LogP contribution in [0, 0.1) is 17.3 Å². The van der Waals surface area contributed by atoms with Gasteiger partial charge in [0.05, 0.1) is 10.9 Å². The zero-order valence-electron chi connectivity index (χ0n) is 16.7.